The quantitative estimate of drug-likeness (QED) is 0.287. The molecule has 4 aromatic carbocycles. The molecule has 4 nitrogen and oxygen atoms in total. The Morgan fingerprint density at radius 1 is 0.571 bits per heavy atom. The molecule has 0 aliphatic heterocycles. The largest absolute Gasteiger partial charge is 0.309 e. The first-order valence-corrected chi connectivity index (χ1v) is 11.3. The molecule has 6 aromatic rings. The third-order valence-corrected chi connectivity index (χ3v) is 6.34. The first-order valence-electron chi connectivity index (χ1n) is 11.3. The predicted octanol–water partition coefficient (Wildman–Crippen LogP) is 7.26. The minimum absolute atomic E-state index is 0.413. The molecule has 162 valence electrons. The summed E-state index contributed by atoms with van der Waals surface area (Å²) in [6.07, 6.45) is 1.73. The highest BCUT2D eigenvalue weighted by atomic mass is 15.0. The number of hydrogen-bond acceptors (Lipinski definition) is 3. The molecule has 0 atom stereocenters. The average molecular weight is 447 g/mol. The van der Waals surface area contributed by atoms with Crippen LogP contribution in [0.4, 0.5) is 0 Å². The molecule has 35 heavy (non-hydrogen) atoms. The van der Waals surface area contributed by atoms with Gasteiger partial charge in [0.25, 0.3) is 0 Å². The van der Waals surface area contributed by atoms with Crippen molar-refractivity contribution in [3.05, 3.63) is 121 Å². The average Bonchev–Trinajstić information content (AvgIpc) is 3.27. The van der Waals surface area contributed by atoms with E-state index in [2.05, 4.69) is 82.4 Å². The molecule has 2 aromatic heterocycles. The zero-order valence-electron chi connectivity index (χ0n) is 18.7. The second-order valence-corrected chi connectivity index (χ2v) is 8.37. The third kappa shape index (κ3) is 3.51. The maximum absolute atomic E-state index is 9.40. The Morgan fingerprint density at radius 3 is 2.06 bits per heavy atom. The predicted molar refractivity (Wildman–Crippen MR) is 139 cm³/mol. The van der Waals surface area contributed by atoms with Crippen molar-refractivity contribution in [3.63, 3.8) is 0 Å². The Labute approximate surface area is 202 Å². The van der Waals surface area contributed by atoms with E-state index in [1.807, 2.05) is 36.4 Å². The number of nitrogens with zero attached hydrogens (tertiary/aromatic N) is 4. The smallest absolute Gasteiger partial charge is 0.140 e. The van der Waals surface area contributed by atoms with Gasteiger partial charge in [0.1, 0.15) is 11.8 Å². The van der Waals surface area contributed by atoms with Crippen LogP contribution >= 0.6 is 0 Å². The Morgan fingerprint density at radius 2 is 1.31 bits per heavy atom. The van der Waals surface area contributed by atoms with E-state index in [4.69, 9.17) is 5.26 Å². The van der Waals surface area contributed by atoms with Gasteiger partial charge in [-0.15, -0.1) is 0 Å². The van der Waals surface area contributed by atoms with E-state index in [0.717, 1.165) is 49.7 Å². The van der Waals surface area contributed by atoms with E-state index < -0.39 is 0 Å². The summed E-state index contributed by atoms with van der Waals surface area (Å²) in [7, 11) is 0. The fraction of sp³-hybridized carbons (Fsp3) is 0. The summed E-state index contributed by atoms with van der Waals surface area (Å²) >= 11 is 0. The topological polar surface area (TPSA) is 65.4 Å². The first-order chi connectivity index (χ1) is 17.2. The highest BCUT2D eigenvalue weighted by molar-refractivity contribution is 6.09. The molecule has 0 aliphatic carbocycles. The fourth-order valence-electron chi connectivity index (χ4n) is 4.63. The van der Waals surface area contributed by atoms with Crippen LogP contribution in [0.3, 0.4) is 0 Å². The van der Waals surface area contributed by atoms with Gasteiger partial charge in [0.05, 0.1) is 22.7 Å². The number of aromatic nitrogens is 2. The number of fused-ring (bicyclic) bond motifs is 3. The lowest BCUT2D eigenvalue weighted by Gasteiger charge is -2.11. The van der Waals surface area contributed by atoms with Crippen LogP contribution in [-0.2, 0) is 0 Å². The van der Waals surface area contributed by atoms with Crippen molar-refractivity contribution < 1.29 is 0 Å². The van der Waals surface area contributed by atoms with Crippen LogP contribution in [0, 0.1) is 22.7 Å². The lowest BCUT2D eigenvalue weighted by molar-refractivity contribution is 1.18. The standard InChI is InChI=1S/C31H18N4/c32-18-21-8-15-31-29(16-21)28-6-1-2-7-30(28)35(31)27-5-3-4-24(17-27)22-9-11-23(12-10-22)25-13-14-26(19-33)34-20-25/h1-17,20H. The molecule has 0 unspecified atom stereocenters. The summed E-state index contributed by atoms with van der Waals surface area (Å²) in [5, 5.41) is 20.6. The molecular weight excluding hydrogens is 428 g/mol. The van der Waals surface area contributed by atoms with Crippen LogP contribution in [-0.4, -0.2) is 9.55 Å². The van der Waals surface area contributed by atoms with Crippen molar-refractivity contribution in [2.24, 2.45) is 0 Å². The maximum Gasteiger partial charge on any atom is 0.140 e. The van der Waals surface area contributed by atoms with Crippen molar-refractivity contribution in [1.82, 2.24) is 9.55 Å². The van der Waals surface area contributed by atoms with E-state index in [0.29, 0.717) is 11.3 Å². The lowest BCUT2D eigenvalue weighted by Crippen LogP contribution is -1.94. The van der Waals surface area contributed by atoms with Gasteiger partial charge in [-0.1, -0.05) is 54.6 Å². The fourth-order valence-corrected chi connectivity index (χ4v) is 4.63. The van der Waals surface area contributed by atoms with E-state index in [-0.39, 0.29) is 0 Å². The van der Waals surface area contributed by atoms with Gasteiger partial charge in [-0.3, -0.25) is 0 Å². The van der Waals surface area contributed by atoms with Crippen LogP contribution in [0.5, 0.6) is 0 Å². The molecule has 0 fully saturated rings. The van der Waals surface area contributed by atoms with Crippen LogP contribution in [0.2, 0.25) is 0 Å². The summed E-state index contributed by atoms with van der Waals surface area (Å²) in [6.45, 7) is 0. The first kappa shape index (κ1) is 20.4. The third-order valence-electron chi connectivity index (χ3n) is 6.34. The highest BCUT2D eigenvalue weighted by Crippen LogP contribution is 2.34. The number of rotatable bonds is 3. The maximum atomic E-state index is 9.40. The molecule has 0 aliphatic rings. The van der Waals surface area contributed by atoms with E-state index in [1.54, 1.807) is 12.3 Å². The molecule has 0 spiro atoms. The van der Waals surface area contributed by atoms with Gasteiger partial charge >= 0.3 is 0 Å². The number of para-hydroxylation sites is 1. The summed E-state index contributed by atoms with van der Waals surface area (Å²) in [5.74, 6) is 0. The van der Waals surface area contributed by atoms with Crippen molar-refractivity contribution in [1.29, 1.82) is 10.5 Å². The van der Waals surface area contributed by atoms with E-state index in [9.17, 15) is 5.26 Å². The van der Waals surface area contributed by atoms with Gasteiger partial charge in [-0.25, -0.2) is 4.98 Å². The monoisotopic (exact) mass is 446 g/mol. The van der Waals surface area contributed by atoms with Gasteiger partial charge in [-0.05, 0) is 65.2 Å². The van der Waals surface area contributed by atoms with Gasteiger partial charge in [-0.2, -0.15) is 10.5 Å². The zero-order chi connectivity index (χ0) is 23.8. The van der Waals surface area contributed by atoms with E-state index in [1.165, 1.54) is 0 Å². The summed E-state index contributed by atoms with van der Waals surface area (Å²) in [5.41, 5.74) is 8.59. The van der Waals surface area contributed by atoms with Gasteiger partial charge in [0.15, 0.2) is 0 Å². The molecular formula is C31H18N4. The molecule has 2 heterocycles. The number of benzene rings is 4. The molecule has 0 bridgehead atoms. The molecule has 4 heteroatoms. The SMILES string of the molecule is N#Cc1ccc2c(c1)c1ccccc1n2-c1cccc(-c2ccc(-c3ccc(C#N)nc3)cc2)c1. The van der Waals surface area contributed by atoms with Gasteiger partial charge in [0, 0.05) is 28.2 Å². The molecule has 6 rings (SSSR count). The molecule has 0 radical (unpaired) electrons. The van der Waals surface area contributed by atoms with Crippen LogP contribution in [0.25, 0.3) is 49.7 Å². The Balaban J connectivity index is 1.44. The Hall–Kier alpha value is -5.19. The molecule has 0 saturated carbocycles. The van der Waals surface area contributed by atoms with Crippen molar-refractivity contribution in [2.45, 2.75) is 0 Å². The molecule has 0 N–H and O–H groups in total. The molecule has 0 saturated heterocycles. The van der Waals surface area contributed by atoms with Crippen molar-refractivity contribution in [2.75, 3.05) is 0 Å². The second-order valence-electron chi connectivity index (χ2n) is 8.37. The van der Waals surface area contributed by atoms with Crippen LogP contribution in [0.15, 0.2) is 109 Å². The number of hydrogen-bond donors (Lipinski definition) is 0. The highest BCUT2D eigenvalue weighted by Gasteiger charge is 2.13. The van der Waals surface area contributed by atoms with Gasteiger partial charge in [0.2, 0.25) is 0 Å². The van der Waals surface area contributed by atoms with Crippen molar-refractivity contribution >= 4 is 21.8 Å². The Bertz CT molecular complexity index is 1800. The minimum atomic E-state index is 0.413. The normalized spacial score (nSPS) is 10.8. The lowest BCUT2D eigenvalue weighted by atomic mass is 10.0. The number of nitriles is 2. The second kappa shape index (κ2) is 8.30. The van der Waals surface area contributed by atoms with E-state index >= 15 is 0 Å². The van der Waals surface area contributed by atoms with Crippen LogP contribution < -0.4 is 0 Å². The molecule has 0 amide bonds. The zero-order valence-corrected chi connectivity index (χ0v) is 18.7. The number of pyridine rings is 1. The summed E-state index contributed by atoms with van der Waals surface area (Å²) in [4.78, 5) is 4.17. The Kier molecular flexibility index (Phi) is 4.84. The van der Waals surface area contributed by atoms with Gasteiger partial charge < -0.3 is 4.57 Å². The summed E-state index contributed by atoms with van der Waals surface area (Å²) < 4.78 is 2.26. The summed E-state index contributed by atoms with van der Waals surface area (Å²) in [6, 6.07) is 39.0. The minimum Gasteiger partial charge on any atom is -0.309 e. The van der Waals surface area contributed by atoms with Crippen LogP contribution in [0.1, 0.15) is 11.3 Å². The van der Waals surface area contributed by atoms with Crippen molar-refractivity contribution in [3.8, 4) is 40.1 Å².